The van der Waals surface area contributed by atoms with Gasteiger partial charge in [-0.05, 0) is 12.1 Å². The van der Waals surface area contributed by atoms with Crippen molar-refractivity contribution in [2.24, 2.45) is 0 Å². The predicted molar refractivity (Wildman–Crippen MR) is 66.1 cm³/mol. The van der Waals surface area contributed by atoms with Crippen LogP contribution in [0.3, 0.4) is 0 Å². The number of carbonyl (C=O) groups is 1. The topological polar surface area (TPSA) is 45.8 Å². The van der Waals surface area contributed by atoms with Crippen molar-refractivity contribution in [2.45, 2.75) is 11.3 Å². The number of aromatic nitrogens is 2. The number of hydrogen-bond acceptors (Lipinski definition) is 3. The van der Waals surface area contributed by atoms with Gasteiger partial charge in [-0.15, -0.1) is 11.8 Å². The Morgan fingerprint density at radius 2 is 2.06 bits per heavy atom. The Bertz CT molecular complexity index is 525. The molecule has 94 valence electrons. The van der Waals surface area contributed by atoms with Crippen LogP contribution in [-0.4, -0.2) is 28.7 Å². The van der Waals surface area contributed by atoms with Gasteiger partial charge in [-0.2, -0.15) is 5.10 Å². The maximum Gasteiger partial charge on any atom is 0.247 e. The minimum absolute atomic E-state index is 0.219. The lowest BCUT2D eigenvalue weighted by Gasteiger charge is -2.03. The first-order chi connectivity index (χ1) is 8.70. The lowest BCUT2D eigenvalue weighted by molar-refractivity contribution is 0.112. The van der Waals surface area contributed by atoms with Crippen molar-refractivity contribution < 1.29 is 13.6 Å². The second-order valence-corrected chi connectivity index (χ2v) is 4.64. The summed E-state index contributed by atoms with van der Waals surface area (Å²) in [5, 5.41) is 6.53. The molecule has 0 fully saturated rings. The molecule has 0 aliphatic heterocycles. The van der Waals surface area contributed by atoms with Crippen molar-refractivity contribution in [3.8, 4) is 11.3 Å². The van der Waals surface area contributed by atoms with Gasteiger partial charge in [-0.25, -0.2) is 8.78 Å². The number of nitrogens with one attached hydrogen (secondary N) is 1. The molecule has 18 heavy (non-hydrogen) atoms. The Labute approximate surface area is 107 Å². The molecule has 0 aliphatic rings. The summed E-state index contributed by atoms with van der Waals surface area (Å²) in [5.41, 5.74) is 1.91. The van der Waals surface area contributed by atoms with Gasteiger partial charge in [0, 0.05) is 10.5 Å². The molecular weight excluding hydrogens is 258 g/mol. The molecule has 0 saturated carbocycles. The van der Waals surface area contributed by atoms with Crippen molar-refractivity contribution in [3.05, 3.63) is 36.0 Å². The highest BCUT2D eigenvalue weighted by atomic mass is 32.2. The molecule has 0 aliphatic carbocycles. The van der Waals surface area contributed by atoms with Crippen LogP contribution in [0, 0.1) is 0 Å². The number of carbonyl (C=O) groups excluding carboxylic acids is 1. The molecule has 0 spiro atoms. The molecule has 0 saturated heterocycles. The average molecular weight is 268 g/mol. The van der Waals surface area contributed by atoms with Crippen molar-refractivity contribution in [3.63, 3.8) is 0 Å². The zero-order chi connectivity index (χ0) is 13.0. The van der Waals surface area contributed by atoms with Crippen LogP contribution < -0.4 is 0 Å². The molecule has 2 aromatic rings. The van der Waals surface area contributed by atoms with Crippen molar-refractivity contribution in [1.29, 1.82) is 0 Å². The molecule has 1 aromatic carbocycles. The molecule has 1 heterocycles. The zero-order valence-corrected chi connectivity index (χ0v) is 10.1. The summed E-state index contributed by atoms with van der Waals surface area (Å²) in [6, 6.07) is 7.04. The quantitative estimate of drug-likeness (QED) is 0.669. The zero-order valence-electron chi connectivity index (χ0n) is 9.27. The highest BCUT2D eigenvalue weighted by molar-refractivity contribution is 7.99. The largest absolute Gasteiger partial charge is 0.298 e. The van der Waals surface area contributed by atoms with Crippen molar-refractivity contribution in [2.75, 3.05) is 5.75 Å². The lowest BCUT2D eigenvalue weighted by Crippen LogP contribution is -1.93. The van der Waals surface area contributed by atoms with Gasteiger partial charge in [0.1, 0.15) is 0 Å². The van der Waals surface area contributed by atoms with Gasteiger partial charge in [0.15, 0.2) is 6.29 Å². The van der Waals surface area contributed by atoms with E-state index in [4.69, 9.17) is 0 Å². The summed E-state index contributed by atoms with van der Waals surface area (Å²) in [6.07, 6.45) is -0.149. The first-order valence-electron chi connectivity index (χ1n) is 5.20. The van der Waals surface area contributed by atoms with Gasteiger partial charge in [0.25, 0.3) is 0 Å². The van der Waals surface area contributed by atoms with E-state index in [2.05, 4.69) is 10.2 Å². The van der Waals surface area contributed by atoms with E-state index < -0.39 is 6.43 Å². The van der Waals surface area contributed by atoms with E-state index in [1.54, 1.807) is 24.3 Å². The number of halogens is 2. The first kappa shape index (κ1) is 12.8. The maximum atomic E-state index is 12.0. The molecule has 0 radical (unpaired) electrons. The lowest BCUT2D eigenvalue weighted by atomic mass is 10.1. The highest BCUT2D eigenvalue weighted by Gasteiger charge is 2.07. The van der Waals surface area contributed by atoms with Crippen LogP contribution in [0.25, 0.3) is 11.3 Å². The van der Waals surface area contributed by atoms with E-state index in [0.717, 1.165) is 28.5 Å². The number of hydrogen-bond donors (Lipinski definition) is 1. The summed E-state index contributed by atoms with van der Waals surface area (Å²) >= 11 is 1.10. The third-order valence-corrected chi connectivity index (χ3v) is 3.34. The van der Waals surface area contributed by atoms with Gasteiger partial charge in [-0.1, -0.05) is 12.1 Å². The second-order valence-electron chi connectivity index (χ2n) is 3.54. The van der Waals surface area contributed by atoms with Gasteiger partial charge < -0.3 is 0 Å². The molecule has 3 nitrogen and oxygen atoms in total. The number of thioether (sulfide) groups is 1. The standard InChI is InChI=1S/C12H10F2N2OS/c13-11(14)7-18-10-3-1-8(2-4-10)12-9(6-17)5-15-16-12/h1-6,11H,7H2,(H,15,16). The predicted octanol–water partition coefficient (Wildman–Crippen LogP) is 3.25. The first-order valence-corrected chi connectivity index (χ1v) is 6.19. The molecule has 0 amide bonds. The van der Waals surface area contributed by atoms with Crippen LogP contribution in [-0.2, 0) is 0 Å². The molecule has 0 bridgehead atoms. The molecule has 1 aromatic heterocycles. The summed E-state index contributed by atoms with van der Waals surface area (Å²) in [6.45, 7) is 0. The van der Waals surface area contributed by atoms with E-state index in [0.29, 0.717) is 11.3 Å². The molecule has 0 atom stereocenters. The number of H-pyrrole nitrogens is 1. The van der Waals surface area contributed by atoms with Gasteiger partial charge in [0.2, 0.25) is 6.43 Å². The van der Waals surface area contributed by atoms with Crippen LogP contribution in [0.5, 0.6) is 0 Å². The van der Waals surface area contributed by atoms with Crippen LogP contribution in [0.2, 0.25) is 0 Å². The third kappa shape index (κ3) is 2.95. The van der Waals surface area contributed by atoms with Gasteiger partial charge >= 0.3 is 0 Å². The van der Waals surface area contributed by atoms with Crippen LogP contribution in [0.15, 0.2) is 35.4 Å². The molecular formula is C12H10F2N2OS. The number of alkyl halides is 2. The van der Waals surface area contributed by atoms with Crippen molar-refractivity contribution >= 4 is 18.0 Å². The smallest absolute Gasteiger partial charge is 0.247 e. The van der Waals surface area contributed by atoms with Crippen LogP contribution in [0.4, 0.5) is 8.78 Å². The molecule has 6 heteroatoms. The monoisotopic (exact) mass is 268 g/mol. The minimum atomic E-state index is -2.32. The summed E-state index contributed by atoms with van der Waals surface area (Å²) in [7, 11) is 0. The fraction of sp³-hybridized carbons (Fsp3) is 0.167. The third-order valence-electron chi connectivity index (χ3n) is 2.31. The SMILES string of the molecule is O=Cc1cn[nH]c1-c1ccc(SCC(F)F)cc1. The Morgan fingerprint density at radius 3 is 2.67 bits per heavy atom. The fourth-order valence-corrected chi connectivity index (χ4v) is 2.14. The number of nitrogens with zero attached hydrogens (tertiary/aromatic N) is 1. The number of aromatic amines is 1. The Balaban J connectivity index is 2.15. The summed E-state index contributed by atoms with van der Waals surface area (Å²) in [5.74, 6) is -0.219. The Hall–Kier alpha value is -1.69. The molecule has 0 unspecified atom stereocenters. The van der Waals surface area contributed by atoms with E-state index in [-0.39, 0.29) is 5.75 Å². The van der Waals surface area contributed by atoms with Gasteiger partial charge in [-0.3, -0.25) is 9.89 Å². The van der Waals surface area contributed by atoms with E-state index in [9.17, 15) is 13.6 Å². The van der Waals surface area contributed by atoms with E-state index in [1.165, 1.54) is 6.20 Å². The normalized spacial score (nSPS) is 10.8. The molecule has 2 rings (SSSR count). The van der Waals surface area contributed by atoms with E-state index >= 15 is 0 Å². The van der Waals surface area contributed by atoms with Crippen LogP contribution in [0.1, 0.15) is 10.4 Å². The summed E-state index contributed by atoms with van der Waals surface area (Å²) < 4.78 is 24.1. The van der Waals surface area contributed by atoms with Crippen LogP contribution >= 0.6 is 11.8 Å². The van der Waals surface area contributed by atoms with E-state index in [1.807, 2.05) is 0 Å². The minimum Gasteiger partial charge on any atom is -0.298 e. The average Bonchev–Trinajstić information content (AvgIpc) is 2.85. The Morgan fingerprint density at radius 1 is 1.33 bits per heavy atom. The maximum absolute atomic E-state index is 12.0. The van der Waals surface area contributed by atoms with Crippen molar-refractivity contribution in [1.82, 2.24) is 10.2 Å². The fourth-order valence-electron chi connectivity index (χ4n) is 1.49. The number of rotatable bonds is 5. The number of aldehydes is 1. The van der Waals surface area contributed by atoms with Gasteiger partial charge in [0.05, 0.1) is 23.2 Å². The Kier molecular flexibility index (Phi) is 4.09. The number of benzene rings is 1. The summed E-state index contributed by atoms with van der Waals surface area (Å²) in [4.78, 5) is 11.5. The highest BCUT2D eigenvalue weighted by Crippen LogP contribution is 2.25. The second kappa shape index (κ2) is 5.77. The molecule has 1 N–H and O–H groups in total.